The fourth-order valence-electron chi connectivity index (χ4n) is 2.63. The molecule has 7 heteroatoms. The second kappa shape index (κ2) is 6.61. The zero-order chi connectivity index (χ0) is 18.1. The van der Waals surface area contributed by atoms with Crippen LogP contribution in [0.1, 0.15) is 11.8 Å². The summed E-state index contributed by atoms with van der Waals surface area (Å²) in [5.41, 5.74) is 0.702. The number of hydrogen-bond acceptors (Lipinski definition) is 6. The number of para-hydroxylation sites is 2. The Morgan fingerprint density at radius 3 is 2.31 bits per heavy atom. The van der Waals surface area contributed by atoms with Gasteiger partial charge in [0.15, 0.2) is 10.6 Å². The van der Waals surface area contributed by atoms with Crippen LogP contribution in [0.5, 0.6) is 11.6 Å². The van der Waals surface area contributed by atoms with Crippen LogP contribution in [0.15, 0.2) is 69.3 Å². The maximum Gasteiger partial charge on any atom is 0.211 e. The number of thiazole rings is 1. The molecule has 2 N–H and O–H groups in total. The second-order valence-corrected chi connectivity index (χ2v) is 6.67. The van der Waals surface area contributed by atoms with Crippen LogP contribution in [-0.4, -0.2) is 14.8 Å². The lowest BCUT2D eigenvalue weighted by atomic mass is 10.3. The molecule has 1 aromatic heterocycles. The van der Waals surface area contributed by atoms with Gasteiger partial charge in [0, 0.05) is 12.6 Å². The van der Waals surface area contributed by atoms with Crippen molar-refractivity contribution >= 4 is 23.1 Å². The van der Waals surface area contributed by atoms with Gasteiger partial charge in [-0.1, -0.05) is 23.5 Å². The van der Waals surface area contributed by atoms with Crippen LogP contribution in [0, 0.1) is 0 Å². The van der Waals surface area contributed by atoms with Gasteiger partial charge < -0.3 is 10.2 Å². The molecule has 0 saturated heterocycles. The molecule has 1 aliphatic rings. The molecule has 2 aromatic carbocycles. The highest BCUT2D eigenvalue weighted by Gasteiger charge is 2.12. The third kappa shape index (κ3) is 3.04. The number of aromatic nitrogens is 1. The van der Waals surface area contributed by atoms with Crippen LogP contribution in [0.3, 0.4) is 0 Å². The highest BCUT2D eigenvalue weighted by Crippen LogP contribution is 2.25. The minimum Gasteiger partial charge on any atom is -0.508 e. The maximum atomic E-state index is 10.6. The van der Waals surface area contributed by atoms with Crippen LogP contribution in [0.25, 0.3) is 6.08 Å². The van der Waals surface area contributed by atoms with Gasteiger partial charge in [-0.15, -0.1) is 0 Å². The number of nitrogens with zero attached hydrogens (tertiary/aromatic N) is 4. The lowest BCUT2D eigenvalue weighted by Crippen LogP contribution is -2.19. The Balaban J connectivity index is 1.79. The third-order valence-electron chi connectivity index (χ3n) is 3.91. The van der Waals surface area contributed by atoms with E-state index >= 15 is 0 Å². The van der Waals surface area contributed by atoms with Crippen molar-refractivity contribution in [2.75, 3.05) is 0 Å². The first kappa shape index (κ1) is 16.3. The van der Waals surface area contributed by atoms with Crippen LogP contribution < -0.4 is 15.5 Å². The van der Waals surface area contributed by atoms with E-state index in [-0.39, 0.29) is 11.6 Å². The van der Waals surface area contributed by atoms with Crippen LogP contribution in [-0.2, 0) is 6.54 Å². The van der Waals surface area contributed by atoms with Crippen molar-refractivity contribution in [3.8, 4) is 11.6 Å². The van der Waals surface area contributed by atoms with Gasteiger partial charge in [-0.05, 0) is 43.3 Å². The van der Waals surface area contributed by atoms with Crippen molar-refractivity contribution in [1.29, 1.82) is 0 Å². The molecular weight excluding hydrogens is 348 g/mol. The first-order valence-corrected chi connectivity index (χ1v) is 8.96. The smallest absolute Gasteiger partial charge is 0.211 e. The van der Waals surface area contributed by atoms with E-state index in [4.69, 9.17) is 0 Å². The Hall–Kier alpha value is -3.19. The van der Waals surface area contributed by atoms with Crippen LogP contribution >= 0.6 is 11.3 Å². The largest absolute Gasteiger partial charge is 0.508 e. The molecule has 4 rings (SSSR count). The van der Waals surface area contributed by atoms with Gasteiger partial charge in [-0.25, -0.2) is 15.0 Å². The first-order valence-electron chi connectivity index (χ1n) is 8.14. The normalized spacial score (nSPS) is 13.3. The van der Waals surface area contributed by atoms with E-state index in [1.165, 1.54) is 11.3 Å². The summed E-state index contributed by atoms with van der Waals surface area (Å²) in [7, 11) is 0. The Labute approximate surface area is 153 Å². The predicted molar refractivity (Wildman–Crippen MR) is 99.7 cm³/mol. The van der Waals surface area contributed by atoms with Gasteiger partial charge in [0.2, 0.25) is 5.88 Å². The molecule has 3 aromatic rings. The second-order valence-electron chi connectivity index (χ2n) is 5.66. The molecule has 0 unspecified atom stereocenters. The van der Waals surface area contributed by atoms with Gasteiger partial charge in [-0.3, -0.25) is 4.57 Å². The number of phenols is 1. The number of benzene rings is 2. The van der Waals surface area contributed by atoms with E-state index in [0.29, 0.717) is 27.7 Å². The molecule has 0 amide bonds. The van der Waals surface area contributed by atoms with Gasteiger partial charge in [0.05, 0.1) is 21.3 Å². The van der Waals surface area contributed by atoms with Gasteiger partial charge in [0.1, 0.15) is 5.75 Å². The Kier molecular flexibility index (Phi) is 4.14. The number of rotatable bonds is 3. The number of fused-ring (bicyclic) bond motifs is 1. The number of aromatic hydroxyl groups is 2. The summed E-state index contributed by atoms with van der Waals surface area (Å²) in [5, 5.41) is 21.6. The molecule has 0 atom stereocenters. The number of phenolic OH excluding ortho intramolecular Hbond substituents is 1. The van der Waals surface area contributed by atoms with Crippen molar-refractivity contribution in [1.82, 2.24) is 4.57 Å². The van der Waals surface area contributed by atoms with Gasteiger partial charge in [0.25, 0.3) is 0 Å². The Bertz CT molecular complexity index is 1150. The highest BCUT2D eigenvalue weighted by molar-refractivity contribution is 7.10. The molecule has 1 aliphatic heterocycles. The highest BCUT2D eigenvalue weighted by atomic mass is 32.1. The van der Waals surface area contributed by atoms with Crippen molar-refractivity contribution in [2.45, 2.75) is 13.5 Å². The zero-order valence-corrected chi connectivity index (χ0v) is 14.8. The van der Waals surface area contributed by atoms with E-state index in [1.807, 2.05) is 31.2 Å². The van der Waals surface area contributed by atoms with Crippen LogP contribution in [0.4, 0.5) is 5.69 Å². The molecule has 6 nitrogen and oxygen atoms in total. The summed E-state index contributed by atoms with van der Waals surface area (Å²) in [4.78, 5) is 14.8. The minimum atomic E-state index is 0.142. The predicted octanol–water partition coefficient (Wildman–Crippen LogP) is 2.46. The van der Waals surface area contributed by atoms with Crippen molar-refractivity contribution in [3.63, 3.8) is 0 Å². The lowest BCUT2D eigenvalue weighted by Gasteiger charge is -2.00. The topological polar surface area (TPSA) is 82.5 Å². The van der Waals surface area contributed by atoms with Crippen molar-refractivity contribution in [2.24, 2.45) is 15.0 Å². The fraction of sp³-hybridized carbons (Fsp3) is 0.105. The van der Waals surface area contributed by atoms with Crippen molar-refractivity contribution < 1.29 is 10.2 Å². The third-order valence-corrected chi connectivity index (χ3v) is 4.93. The maximum absolute atomic E-state index is 10.6. The molecular formula is C19H16N4O2S. The minimum absolute atomic E-state index is 0.142. The first-order chi connectivity index (χ1) is 12.6. The Morgan fingerprint density at radius 1 is 1.04 bits per heavy atom. The lowest BCUT2D eigenvalue weighted by molar-refractivity contribution is 0.416. The summed E-state index contributed by atoms with van der Waals surface area (Å²) in [6.07, 6.45) is 1.77. The average molecular weight is 364 g/mol. The summed E-state index contributed by atoms with van der Waals surface area (Å²) >= 11 is 1.36. The van der Waals surface area contributed by atoms with Gasteiger partial charge in [-0.2, -0.15) is 0 Å². The van der Waals surface area contributed by atoms with Crippen molar-refractivity contribution in [3.05, 3.63) is 74.7 Å². The van der Waals surface area contributed by atoms with Gasteiger partial charge >= 0.3 is 0 Å². The SMILES string of the molecule is CCn1c(O)c(C=C2N=c3ccccc3=N2)sc1=Nc1ccc(O)cc1. The summed E-state index contributed by atoms with van der Waals surface area (Å²) < 4.78 is 1.73. The molecule has 2 heterocycles. The molecule has 0 bridgehead atoms. The van der Waals surface area contributed by atoms with E-state index in [9.17, 15) is 10.2 Å². The Morgan fingerprint density at radius 2 is 1.69 bits per heavy atom. The molecule has 0 spiro atoms. The van der Waals surface area contributed by atoms with E-state index < -0.39 is 0 Å². The van der Waals surface area contributed by atoms with E-state index in [0.717, 1.165) is 10.7 Å². The monoisotopic (exact) mass is 364 g/mol. The molecule has 26 heavy (non-hydrogen) atoms. The van der Waals surface area contributed by atoms with E-state index in [1.54, 1.807) is 34.9 Å². The standard InChI is InChI=1S/C19H16N4O2S/c1-2-23-18(25)16(11-17-21-14-5-3-4-6-15(14)22-17)26-19(23)20-12-7-9-13(24)10-8-12/h3-11,24-25H,2H2,1H3. The quantitative estimate of drug-likeness (QED) is 0.748. The fourth-order valence-corrected chi connectivity index (χ4v) is 3.67. The van der Waals surface area contributed by atoms with E-state index in [2.05, 4.69) is 15.0 Å². The summed E-state index contributed by atoms with van der Waals surface area (Å²) in [5.74, 6) is 0.891. The summed E-state index contributed by atoms with van der Waals surface area (Å²) in [6, 6.07) is 14.3. The molecule has 130 valence electrons. The van der Waals surface area contributed by atoms with Crippen LogP contribution in [0.2, 0.25) is 0 Å². The molecule has 0 fully saturated rings. The average Bonchev–Trinajstić information content (AvgIpc) is 3.17. The molecule has 0 saturated carbocycles. The number of hydrogen-bond donors (Lipinski definition) is 2. The molecule has 0 aliphatic carbocycles. The zero-order valence-electron chi connectivity index (χ0n) is 14.0. The summed E-state index contributed by atoms with van der Waals surface area (Å²) in [6.45, 7) is 2.52. The molecule has 0 radical (unpaired) electrons.